The Morgan fingerprint density at radius 2 is 2.29 bits per heavy atom. The molecule has 0 unspecified atom stereocenters. The lowest BCUT2D eigenvalue weighted by Crippen LogP contribution is -2.08. The van der Waals surface area contributed by atoms with Gasteiger partial charge in [0.1, 0.15) is 6.07 Å². The summed E-state index contributed by atoms with van der Waals surface area (Å²) >= 11 is 5.69. The number of nitrogens with zero attached hydrogens (tertiary/aromatic N) is 2. The molecule has 0 fully saturated rings. The van der Waals surface area contributed by atoms with E-state index in [1.54, 1.807) is 13.0 Å². The van der Waals surface area contributed by atoms with Gasteiger partial charge in [0, 0.05) is 12.1 Å². The molecule has 0 amide bonds. The molecular formula is C10H7ClN2O4. The molecule has 0 saturated carbocycles. The Bertz CT molecular complexity index is 522. The summed E-state index contributed by atoms with van der Waals surface area (Å²) in [4.78, 5) is 21.4. The van der Waals surface area contributed by atoms with Gasteiger partial charge in [0.2, 0.25) is 0 Å². The Balaban J connectivity index is 3.40. The second-order valence-electron chi connectivity index (χ2n) is 2.94. The number of non-ortho nitro benzene ring substituents is 1. The minimum atomic E-state index is -0.811. The van der Waals surface area contributed by atoms with Gasteiger partial charge < -0.3 is 4.74 Å². The predicted octanol–water partition coefficient (Wildman–Crippen LogP) is 2.30. The van der Waals surface area contributed by atoms with Crippen molar-refractivity contribution in [3.63, 3.8) is 0 Å². The van der Waals surface area contributed by atoms with Gasteiger partial charge in [-0.05, 0) is 6.92 Å². The van der Waals surface area contributed by atoms with Crippen molar-refractivity contribution < 1.29 is 14.5 Å². The Morgan fingerprint density at radius 1 is 1.65 bits per heavy atom. The van der Waals surface area contributed by atoms with Crippen molar-refractivity contribution in [1.82, 2.24) is 0 Å². The monoisotopic (exact) mass is 254 g/mol. The minimum Gasteiger partial charge on any atom is -0.462 e. The Morgan fingerprint density at radius 3 is 2.76 bits per heavy atom. The summed E-state index contributed by atoms with van der Waals surface area (Å²) in [7, 11) is 0. The molecule has 0 N–H and O–H groups in total. The third-order valence-electron chi connectivity index (χ3n) is 1.89. The van der Waals surface area contributed by atoms with Crippen LogP contribution in [-0.4, -0.2) is 17.5 Å². The number of rotatable bonds is 3. The third kappa shape index (κ3) is 2.71. The summed E-state index contributed by atoms with van der Waals surface area (Å²) < 4.78 is 4.69. The van der Waals surface area contributed by atoms with E-state index in [-0.39, 0.29) is 28.4 Å². The maximum absolute atomic E-state index is 11.5. The van der Waals surface area contributed by atoms with Crippen molar-refractivity contribution in [3.8, 4) is 6.07 Å². The van der Waals surface area contributed by atoms with E-state index < -0.39 is 10.9 Å². The Labute approximate surface area is 102 Å². The standard InChI is InChI=1S/C10H7ClN2O4/c1-2-17-10(14)7-3-6(13(15)16)4-9(11)8(7)5-12/h3-4H,2H2,1H3. The molecule has 0 spiro atoms. The van der Waals surface area contributed by atoms with Crippen LogP contribution >= 0.6 is 11.6 Å². The zero-order valence-corrected chi connectivity index (χ0v) is 9.52. The third-order valence-corrected chi connectivity index (χ3v) is 2.19. The fraction of sp³-hybridized carbons (Fsp3) is 0.200. The number of hydrogen-bond acceptors (Lipinski definition) is 5. The van der Waals surface area contributed by atoms with Crippen molar-refractivity contribution in [2.45, 2.75) is 6.92 Å². The molecule has 6 nitrogen and oxygen atoms in total. The van der Waals surface area contributed by atoms with Crippen LogP contribution in [0.15, 0.2) is 12.1 Å². The molecule has 0 radical (unpaired) electrons. The molecule has 0 aliphatic heterocycles. The summed E-state index contributed by atoms with van der Waals surface area (Å²) in [6.45, 7) is 1.69. The maximum Gasteiger partial charge on any atom is 0.339 e. The summed E-state index contributed by atoms with van der Waals surface area (Å²) in [6.07, 6.45) is 0. The van der Waals surface area contributed by atoms with Crippen LogP contribution in [0, 0.1) is 21.4 Å². The Hall–Kier alpha value is -2.13. The highest BCUT2D eigenvalue weighted by atomic mass is 35.5. The molecule has 88 valence electrons. The van der Waals surface area contributed by atoms with Crippen molar-refractivity contribution in [2.75, 3.05) is 6.61 Å². The van der Waals surface area contributed by atoms with Gasteiger partial charge in [-0.3, -0.25) is 10.1 Å². The first-order chi connectivity index (χ1) is 8.01. The molecular weight excluding hydrogens is 248 g/mol. The highest BCUT2D eigenvalue weighted by Crippen LogP contribution is 2.26. The van der Waals surface area contributed by atoms with Gasteiger partial charge in [-0.1, -0.05) is 11.6 Å². The number of nitro groups is 1. The SMILES string of the molecule is CCOC(=O)c1cc([N+](=O)[O-])cc(Cl)c1C#N. The number of esters is 1. The average molecular weight is 255 g/mol. The molecule has 0 bridgehead atoms. The van der Waals surface area contributed by atoms with E-state index in [9.17, 15) is 14.9 Å². The van der Waals surface area contributed by atoms with Crippen LogP contribution in [0.1, 0.15) is 22.8 Å². The van der Waals surface area contributed by atoms with Crippen molar-refractivity contribution in [1.29, 1.82) is 5.26 Å². The van der Waals surface area contributed by atoms with Crippen LogP contribution in [0.25, 0.3) is 0 Å². The zero-order valence-electron chi connectivity index (χ0n) is 8.77. The molecule has 7 heteroatoms. The van der Waals surface area contributed by atoms with E-state index >= 15 is 0 Å². The largest absolute Gasteiger partial charge is 0.462 e. The molecule has 17 heavy (non-hydrogen) atoms. The van der Waals surface area contributed by atoms with Crippen LogP contribution in [0.4, 0.5) is 5.69 Å². The number of carbonyl (C=O) groups is 1. The van der Waals surface area contributed by atoms with Crippen molar-refractivity contribution in [3.05, 3.63) is 38.4 Å². The van der Waals surface area contributed by atoms with E-state index in [1.165, 1.54) is 0 Å². The molecule has 0 saturated heterocycles. The number of nitro benzene ring substituents is 1. The van der Waals surface area contributed by atoms with E-state index in [2.05, 4.69) is 4.74 Å². The molecule has 1 aromatic carbocycles. The number of hydrogen-bond donors (Lipinski definition) is 0. The molecule has 1 rings (SSSR count). The fourth-order valence-electron chi connectivity index (χ4n) is 1.18. The molecule has 0 atom stereocenters. The average Bonchev–Trinajstić information content (AvgIpc) is 2.28. The lowest BCUT2D eigenvalue weighted by Gasteiger charge is -2.05. The normalized spacial score (nSPS) is 9.47. The molecule has 0 aliphatic carbocycles. The second kappa shape index (κ2) is 5.27. The highest BCUT2D eigenvalue weighted by molar-refractivity contribution is 6.32. The molecule has 0 aromatic heterocycles. The first kappa shape index (κ1) is 12.9. The molecule has 1 aromatic rings. The van der Waals surface area contributed by atoms with Gasteiger partial charge in [0.05, 0.1) is 27.7 Å². The second-order valence-corrected chi connectivity index (χ2v) is 3.35. The van der Waals surface area contributed by atoms with Crippen LogP contribution in [0.3, 0.4) is 0 Å². The van der Waals surface area contributed by atoms with Crippen molar-refractivity contribution in [2.24, 2.45) is 0 Å². The lowest BCUT2D eigenvalue weighted by molar-refractivity contribution is -0.384. The minimum absolute atomic E-state index is 0.101. The van der Waals surface area contributed by atoms with Crippen LogP contribution in [-0.2, 0) is 4.74 Å². The molecule has 0 heterocycles. The van der Waals surface area contributed by atoms with Gasteiger partial charge in [0.15, 0.2) is 0 Å². The number of benzene rings is 1. The van der Waals surface area contributed by atoms with E-state index in [4.69, 9.17) is 16.9 Å². The van der Waals surface area contributed by atoms with E-state index in [1.807, 2.05) is 0 Å². The van der Waals surface area contributed by atoms with Gasteiger partial charge in [-0.2, -0.15) is 5.26 Å². The topological polar surface area (TPSA) is 93.2 Å². The summed E-state index contributed by atoms with van der Waals surface area (Å²) in [6, 6.07) is 3.71. The van der Waals surface area contributed by atoms with E-state index in [0.29, 0.717) is 0 Å². The smallest absolute Gasteiger partial charge is 0.339 e. The summed E-state index contributed by atoms with van der Waals surface area (Å²) in [5.41, 5.74) is -0.693. The fourth-order valence-corrected chi connectivity index (χ4v) is 1.44. The number of halogens is 1. The number of nitriles is 1. The first-order valence-corrected chi connectivity index (χ1v) is 4.94. The van der Waals surface area contributed by atoms with E-state index in [0.717, 1.165) is 12.1 Å². The summed E-state index contributed by atoms with van der Waals surface area (Å²) in [5.74, 6) is -0.811. The van der Waals surface area contributed by atoms with Gasteiger partial charge in [-0.25, -0.2) is 4.79 Å². The van der Waals surface area contributed by atoms with Gasteiger partial charge >= 0.3 is 5.97 Å². The van der Waals surface area contributed by atoms with Crippen molar-refractivity contribution >= 4 is 23.3 Å². The van der Waals surface area contributed by atoms with Crippen LogP contribution in [0.2, 0.25) is 5.02 Å². The van der Waals surface area contributed by atoms with Gasteiger partial charge in [-0.15, -0.1) is 0 Å². The summed E-state index contributed by atoms with van der Waals surface area (Å²) in [5, 5.41) is 19.3. The molecule has 0 aliphatic rings. The Kier molecular flexibility index (Phi) is 4.01. The highest BCUT2D eigenvalue weighted by Gasteiger charge is 2.21. The zero-order chi connectivity index (χ0) is 13.0. The van der Waals surface area contributed by atoms with Crippen LogP contribution < -0.4 is 0 Å². The first-order valence-electron chi connectivity index (χ1n) is 4.56. The predicted molar refractivity (Wildman–Crippen MR) is 58.8 cm³/mol. The van der Waals surface area contributed by atoms with Gasteiger partial charge in [0.25, 0.3) is 5.69 Å². The lowest BCUT2D eigenvalue weighted by atomic mass is 10.1. The number of carbonyl (C=O) groups excluding carboxylic acids is 1. The number of ether oxygens (including phenoxy) is 1. The quantitative estimate of drug-likeness (QED) is 0.469. The maximum atomic E-state index is 11.5. The van der Waals surface area contributed by atoms with Crippen LogP contribution in [0.5, 0.6) is 0 Å².